The Bertz CT molecular complexity index is 529. The zero-order valence-corrected chi connectivity index (χ0v) is 11.4. The van der Waals surface area contributed by atoms with E-state index in [1.54, 1.807) is 0 Å². The van der Waals surface area contributed by atoms with E-state index in [-0.39, 0.29) is 23.1 Å². The van der Waals surface area contributed by atoms with Gasteiger partial charge in [-0.3, -0.25) is 9.59 Å². The van der Waals surface area contributed by atoms with Crippen LogP contribution in [0.4, 0.5) is 5.82 Å². The molecule has 1 fully saturated rings. The Morgan fingerprint density at radius 1 is 1.55 bits per heavy atom. The number of aromatic amines is 1. The molecule has 1 aromatic heterocycles. The maximum Gasteiger partial charge on any atom is 0.306 e. The highest BCUT2D eigenvalue weighted by molar-refractivity contribution is 5.70. The summed E-state index contributed by atoms with van der Waals surface area (Å²) in [5.74, 6) is -0.556. The Kier molecular flexibility index (Phi) is 4.60. The molecule has 1 heterocycles. The first kappa shape index (κ1) is 14.4. The smallest absolute Gasteiger partial charge is 0.306 e. The molecule has 7 nitrogen and oxygen atoms in total. The van der Waals surface area contributed by atoms with Gasteiger partial charge in [0.05, 0.1) is 19.4 Å². The maximum absolute atomic E-state index is 11.5. The summed E-state index contributed by atoms with van der Waals surface area (Å²) in [5.41, 5.74) is -0.358. The standard InChI is InChI=1S/C13H19N3O4/c1-20-10-11(15-7-16-12(10)17)14-6-8-4-2-3-5-9(8)13(18)19/h7-9H,2-6H2,1H3,(H,18,19)(H2,14,15,16,17). The van der Waals surface area contributed by atoms with Crippen molar-refractivity contribution < 1.29 is 14.6 Å². The first-order valence-electron chi connectivity index (χ1n) is 6.72. The lowest BCUT2D eigenvalue weighted by Crippen LogP contribution is -2.32. The minimum absolute atomic E-state index is 0.0482. The van der Waals surface area contributed by atoms with E-state index in [1.165, 1.54) is 13.4 Å². The van der Waals surface area contributed by atoms with E-state index < -0.39 is 5.97 Å². The van der Waals surface area contributed by atoms with Crippen LogP contribution in [-0.4, -0.2) is 34.7 Å². The summed E-state index contributed by atoms with van der Waals surface area (Å²) in [6.07, 6.45) is 4.87. The number of ether oxygens (including phenoxy) is 1. The number of carbonyl (C=O) groups is 1. The highest BCUT2D eigenvalue weighted by Crippen LogP contribution is 2.30. The van der Waals surface area contributed by atoms with E-state index in [0.29, 0.717) is 18.8 Å². The van der Waals surface area contributed by atoms with Crippen molar-refractivity contribution in [2.45, 2.75) is 25.7 Å². The molecule has 110 valence electrons. The Balaban J connectivity index is 2.06. The molecule has 0 spiro atoms. The monoisotopic (exact) mass is 281 g/mol. The van der Waals surface area contributed by atoms with Crippen LogP contribution in [0.1, 0.15) is 25.7 Å². The average molecular weight is 281 g/mol. The number of hydrogen-bond donors (Lipinski definition) is 3. The minimum atomic E-state index is -0.748. The van der Waals surface area contributed by atoms with Crippen LogP contribution in [0.3, 0.4) is 0 Å². The molecule has 0 saturated heterocycles. The second-order valence-corrected chi connectivity index (χ2v) is 4.98. The van der Waals surface area contributed by atoms with Crippen molar-refractivity contribution in [2.24, 2.45) is 11.8 Å². The number of nitrogens with zero attached hydrogens (tertiary/aromatic N) is 1. The van der Waals surface area contributed by atoms with E-state index in [2.05, 4.69) is 15.3 Å². The van der Waals surface area contributed by atoms with E-state index >= 15 is 0 Å². The second-order valence-electron chi connectivity index (χ2n) is 4.98. The summed E-state index contributed by atoms with van der Waals surface area (Å²) in [6.45, 7) is 0.476. The van der Waals surface area contributed by atoms with Crippen LogP contribution in [0.15, 0.2) is 11.1 Å². The van der Waals surface area contributed by atoms with Crippen molar-refractivity contribution in [2.75, 3.05) is 19.0 Å². The lowest BCUT2D eigenvalue weighted by atomic mass is 9.79. The number of anilines is 1. The molecule has 0 aromatic carbocycles. The van der Waals surface area contributed by atoms with Gasteiger partial charge in [-0.2, -0.15) is 0 Å². The molecule has 0 amide bonds. The molecule has 2 unspecified atom stereocenters. The predicted molar refractivity (Wildman–Crippen MR) is 73.0 cm³/mol. The zero-order chi connectivity index (χ0) is 14.5. The molecule has 2 rings (SSSR count). The van der Waals surface area contributed by atoms with Crippen molar-refractivity contribution in [3.8, 4) is 5.75 Å². The van der Waals surface area contributed by atoms with Crippen molar-refractivity contribution in [3.63, 3.8) is 0 Å². The summed E-state index contributed by atoms with van der Waals surface area (Å²) in [7, 11) is 1.40. The Hall–Kier alpha value is -2.05. The number of rotatable bonds is 5. The summed E-state index contributed by atoms with van der Waals surface area (Å²) < 4.78 is 5.01. The molecule has 1 aliphatic carbocycles. The number of nitrogens with one attached hydrogen (secondary N) is 2. The highest BCUT2D eigenvalue weighted by atomic mass is 16.5. The zero-order valence-electron chi connectivity index (χ0n) is 11.4. The average Bonchev–Trinajstić information content (AvgIpc) is 2.45. The van der Waals surface area contributed by atoms with Gasteiger partial charge in [0.2, 0.25) is 5.75 Å². The van der Waals surface area contributed by atoms with Crippen LogP contribution in [0, 0.1) is 11.8 Å². The van der Waals surface area contributed by atoms with Gasteiger partial charge in [-0.1, -0.05) is 12.8 Å². The van der Waals surface area contributed by atoms with Crippen LogP contribution < -0.4 is 15.6 Å². The quantitative estimate of drug-likeness (QED) is 0.746. The molecule has 7 heteroatoms. The van der Waals surface area contributed by atoms with Crippen molar-refractivity contribution in [1.29, 1.82) is 0 Å². The van der Waals surface area contributed by atoms with Gasteiger partial charge in [-0.05, 0) is 18.8 Å². The van der Waals surface area contributed by atoms with Crippen LogP contribution in [0.5, 0.6) is 5.75 Å². The number of H-pyrrole nitrogens is 1. The van der Waals surface area contributed by atoms with Gasteiger partial charge < -0.3 is 20.1 Å². The summed E-state index contributed by atoms with van der Waals surface area (Å²) in [4.78, 5) is 29.2. The molecular weight excluding hydrogens is 262 g/mol. The molecule has 1 aliphatic rings. The molecule has 2 atom stereocenters. The molecule has 1 saturated carbocycles. The number of hydrogen-bond acceptors (Lipinski definition) is 5. The highest BCUT2D eigenvalue weighted by Gasteiger charge is 2.30. The fourth-order valence-electron chi connectivity index (χ4n) is 2.71. The van der Waals surface area contributed by atoms with Crippen LogP contribution in [0.25, 0.3) is 0 Å². The lowest BCUT2D eigenvalue weighted by molar-refractivity contribution is -0.144. The van der Waals surface area contributed by atoms with Gasteiger partial charge in [-0.15, -0.1) is 0 Å². The van der Waals surface area contributed by atoms with Gasteiger partial charge in [0, 0.05) is 6.54 Å². The fourth-order valence-corrected chi connectivity index (χ4v) is 2.71. The van der Waals surface area contributed by atoms with Gasteiger partial charge in [0.1, 0.15) is 0 Å². The van der Waals surface area contributed by atoms with E-state index in [0.717, 1.165) is 19.3 Å². The predicted octanol–water partition coefficient (Wildman–Crippen LogP) is 1.08. The molecule has 20 heavy (non-hydrogen) atoms. The van der Waals surface area contributed by atoms with Crippen molar-refractivity contribution in [1.82, 2.24) is 9.97 Å². The Morgan fingerprint density at radius 3 is 3.00 bits per heavy atom. The number of aliphatic carboxylic acids is 1. The third kappa shape index (κ3) is 3.09. The normalized spacial score (nSPS) is 22.2. The van der Waals surface area contributed by atoms with Gasteiger partial charge >= 0.3 is 5.97 Å². The first-order chi connectivity index (χ1) is 9.63. The summed E-state index contributed by atoms with van der Waals surface area (Å²) in [5, 5.41) is 12.3. The molecular formula is C13H19N3O4. The molecule has 1 aromatic rings. The molecule has 3 N–H and O–H groups in total. The molecule has 0 radical (unpaired) electrons. The third-order valence-electron chi connectivity index (χ3n) is 3.77. The number of aromatic nitrogens is 2. The van der Waals surface area contributed by atoms with Crippen molar-refractivity contribution >= 4 is 11.8 Å². The maximum atomic E-state index is 11.5. The topological polar surface area (TPSA) is 104 Å². The van der Waals surface area contributed by atoms with E-state index in [9.17, 15) is 14.7 Å². The lowest BCUT2D eigenvalue weighted by Gasteiger charge is -2.28. The SMILES string of the molecule is COc1c(NCC2CCCCC2C(=O)O)nc[nH]c1=O. The number of carboxylic acids is 1. The van der Waals surface area contributed by atoms with Crippen LogP contribution in [-0.2, 0) is 4.79 Å². The van der Waals surface area contributed by atoms with Gasteiger partial charge in [-0.25, -0.2) is 4.98 Å². The van der Waals surface area contributed by atoms with Crippen molar-refractivity contribution in [3.05, 3.63) is 16.7 Å². The van der Waals surface area contributed by atoms with E-state index in [4.69, 9.17) is 4.74 Å². The Labute approximate surface area is 116 Å². The molecule has 0 bridgehead atoms. The third-order valence-corrected chi connectivity index (χ3v) is 3.77. The largest absolute Gasteiger partial charge is 0.489 e. The fraction of sp³-hybridized carbons (Fsp3) is 0.615. The number of carboxylic acid groups (broad SMARTS) is 1. The van der Waals surface area contributed by atoms with Gasteiger partial charge in [0.15, 0.2) is 5.82 Å². The van der Waals surface area contributed by atoms with Gasteiger partial charge in [0.25, 0.3) is 5.56 Å². The second kappa shape index (κ2) is 6.40. The molecule has 0 aliphatic heterocycles. The summed E-state index contributed by atoms with van der Waals surface area (Å²) in [6, 6.07) is 0. The van der Waals surface area contributed by atoms with Crippen LogP contribution in [0.2, 0.25) is 0 Å². The first-order valence-corrected chi connectivity index (χ1v) is 6.72. The van der Waals surface area contributed by atoms with E-state index in [1.807, 2.05) is 0 Å². The van der Waals surface area contributed by atoms with Crippen LogP contribution >= 0.6 is 0 Å². The number of methoxy groups -OCH3 is 1. The summed E-state index contributed by atoms with van der Waals surface area (Å²) >= 11 is 0. The Morgan fingerprint density at radius 2 is 2.30 bits per heavy atom. The minimum Gasteiger partial charge on any atom is -0.489 e.